The second-order valence-electron chi connectivity index (χ2n) is 5.19. The molecule has 1 N–H and O–H groups in total. The number of rotatable bonds is 3. The van der Waals surface area contributed by atoms with Crippen LogP contribution in [-0.4, -0.2) is 25.7 Å². The van der Waals surface area contributed by atoms with Crippen molar-refractivity contribution in [2.45, 2.75) is 0 Å². The third-order valence-corrected chi connectivity index (χ3v) is 3.54. The van der Waals surface area contributed by atoms with Gasteiger partial charge in [-0.1, -0.05) is 18.2 Å². The molecule has 4 rings (SSSR count). The standard InChI is InChI=1S/C17H11N5O3/c23-16(12-5-6-15(21-20-12)22-8-7-18-10-22)19-13-9-11-3-1-2-4-14(11)25-17(13)24/h1-10H,(H,19,23). The number of para-hydroxylation sites is 1. The predicted octanol–water partition coefficient (Wildman–Crippen LogP) is 2.02. The lowest BCUT2D eigenvalue weighted by Gasteiger charge is -2.05. The number of fused-ring (bicyclic) bond motifs is 1. The quantitative estimate of drug-likeness (QED) is 0.575. The highest BCUT2D eigenvalue weighted by molar-refractivity contribution is 6.03. The van der Waals surface area contributed by atoms with E-state index in [-0.39, 0.29) is 11.4 Å². The van der Waals surface area contributed by atoms with Crippen molar-refractivity contribution in [1.82, 2.24) is 19.7 Å². The van der Waals surface area contributed by atoms with Gasteiger partial charge in [0.25, 0.3) is 5.91 Å². The molecule has 0 fully saturated rings. The van der Waals surface area contributed by atoms with Gasteiger partial charge in [0.15, 0.2) is 11.5 Å². The van der Waals surface area contributed by atoms with Gasteiger partial charge in [0.2, 0.25) is 0 Å². The Hall–Kier alpha value is -3.81. The van der Waals surface area contributed by atoms with E-state index in [0.29, 0.717) is 16.8 Å². The molecule has 0 saturated heterocycles. The smallest absolute Gasteiger partial charge is 0.360 e. The molecule has 0 bridgehead atoms. The van der Waals surface area contributed by atoms with Gasteiger partial charge in [-0.2, -0.15) is 0 Å². The Morgan fingerprint density at radius 1 is 1.12 bits per heavy atom. The zero-order chi connectivity index (χ0) is 17.2. The maximum atomic E-state index is 12.3. The number of hydrogen-bond acceptors (Lipinski definition) is 6. The van der Waals surface area contributed by atoms with Gasteiger partial charge in [0.05, 0.1) is 0 Å². The Morgan fingerprint density at radius 3 is 2.76 bits per heavy atom. The second kappa shape index (κ2) is 6.00. The summed E-state index contributed by atoms with van der Waals surface area (Å²) in [6, 6.07) is 11.8. The normalized spacial score (nSPS) is 10.7. The fourth-order valence-corrected chi connectivity index (χ4v) is 2.31. The summed E-state index contributed by atoms with van der Waals surface area (Å²) in [4.78, 5) is 28.2. The van der Waals surface area contributed by atoms with Crippen LogP contribution in [0.1, 0.15) is 10.5 Å². The molecule has 4 aromatic rings. The number of anilines is 1. The molecule has 0 unspecified atom stereocenters. The van der Waals surface area contributed by atoms with E-state index in [1.54, 1.807) is 53.6 Å². The molecule has 25 heavy (non-hydrogen) atoms. The first kappa shape index (κ1) is 14.8. The molecule has 0 aliphatic heterocycles. The topological polar surface area (TPSA) is 103 Å². The van der Waals surface area contributed by atoms with Crippen molar-refractivity contribution in [1.29, 1.82) is 0 Å². The van der Waals surface area contributed by atoms with E-state index < -0.39 is 11.5 Å². The van der Waals surface area contributed by atoms with Crippen LogP contribution < -0.4 is 10.9 Å². The van der Waals surface area contributed by atoms with Crippen molar-refractivity contribution in [2.24, 2.45) is 0 Å². The zero-order valence-electron chi connectivity index (χ0n) is 12.8. The van der Waals surface area contributed by atoms with Crippen LogP contribution in [0.2, 0.25) is 0 Å². The number of nitrogens with one attached hydrogen (secondary N) is 1. The van der Waals surface area contributed by atoms with Crippen molar-refractivity contribution < 1.29 is 9.21 Å². The fourth-order valence-electron chi connectivity index (χ4n) is 2.31. The number of hydrogen-bond donors (Lipinski definition) is 1. The number of benzene rings is 1. The van der Waals surface area contributed by atoms with Crippen molar-refractivity contribution >= 4 is 22.6 Å². The van der Waals surface area contributed by atoms with Gasteiger partial charge in [-0.25, -0.2) is 9.78 Å². The summed E-state index contributed by atoms with van der Waals surface area (Å²) in [5, 5.41) is 11.1. The van der Waals surface area contributed by atoms with Crippen molar-refractivity contribution in [2.75, 3.05) is 5.32 Å². The first-order chi connectivity index (χ1) is 12.2. The molecule has 8 nitrogen and oxygen atoms in total. The molecule has 0 aliphatic rings. The highest BCUT2D eigenvalue weighted by Gasteiger charge is 2.13. The first-order valence-electron chi connectivity index (χ1n) is 7.37. The minimum absolute atomic E-state index is 0.0455. The summed E-state index contributed by atoms with van der Waals surface area (Å²) in [5.41, 5.74) is -0.0503. The summed E-state index contributed by atoms with van der Waals surface area (Å²) in [6.07, 6.45) is 4.90. The summed E-state index contributed by atoms with van der Waals surface area (Å²) in [5.74, 6) is -0.0217. The number of carbonyl (C=O) groups excluding carboxylic acids is 1. The number of imidazole rings is 1. The summed E-state index contributed by atoms with van der Waals surface area (Å²) >= 11 is 0. The van der Waals surface area contributed by atoms with Gasteiger partial charge in [-0.3, -0.25) is 9.36 Å². The lowest BCUT2D eigenvalue weighted by atomic mass is 10.2. The monoisotopic (exact) mass is 333 g/mol. The Balaban J connectivity index is 1.59. The molecule has 3 aromatic heterocycles. The average Bonchev–Trinajstić information content (AvgIpc) is 3.17. The molecule has 122 valence electrons. The highest BCUT2D eigenvalue weighted by Crippen LogP contribution is 2.15. The Labute approximate surface area is 140 Å². The zero-order valence-corrected chi connectivity index (χ0v) is 12.8. The molecule has 0 radical (unpaired) electrons. The SMILES string of the molecule is O=C(Nc1cc2ccccc2oc1=O)c1ccc(-n2ccnc2)nn1. The Morgan fingerprint density at radius 2 is 2.00 bits per heavy atom. The molecule has 0 aliphatic carbocycles. The van der Waals surface area contributed by atoms with Crippen LogP contribution in [0.25, 0.3) is 16.8 Å². The van der Waals surface area contributed by atoms with E-state index in [4.69, 9.17) is 4.42 Å². The summed E-state index contributed by atoms with van der Waals surface area (Å²) < 4.78 is 6.84. The van der Waals surface area contributed by atoms with Gasteiger partial charge < -0.3 is 9.73 Å². The molecule has 0 spiro atoms. The molecule has 3 heterocycles. The third kappa shape index (κ3) is 2.88. The number of amides is 1. The maximum absolute atomic E-state index is 12.3. The van der Waals surface area contributed by atoms with E-state index in [1.807, 2.05) is 6.07 Å². The molecule has 1 aromatic carbocycles. The summed E-state index contributed by atoms with van der Waals surface area (Å²) in [7, 11) is 0. The first-order valence-corrected chi connectivity index (χ1v) is 7.37. The number of aromatic nitrogens is 4. The Kier molecular flexibility index (Phi) is 3.55. The van der Waals surface area contributed by atoms with E-state index in [9.17, 15) is 9.59 Å². The van der Waals surface area contributed by atoms with E-state index in [2.05, 4.69) is 20.5 Å². The minimum Gasteiger partial charge on any atom is -0.421 e. The molecular formula is C17H11N5O3. The number of carbonyl (C=O) groups is 1. The molecule has 1 amide bonds. The van der Waals surface area contributed by atoms with Crippen molar-refractivity contribution in [3.63, 3.8) is 0 Å². The van der Waals surface area contributed by atoms with Gasteiger partial charge in [-0.05, 0) is 24.3 Å². The average molecular weight is 333 g/mol. The number of nitrogens with zero attached hydrogens (tertiary/aromatic N) is 4. The van der Waals surface area contributed by atoms with Crippen molar-refractivity contribution in [3.8, 4) is 5.82 Å². The largest absolute Gasteiger partial charge is 0.421 e. The van der Waals surface area contributed by atoms with Crippen LogP contribution in [-0.2, 0) is 0 Å². The van der Waals surface area contributed by atoms with E-state index in [0.717, 1.165) is 0 Å². The van der Waals surface area contributed by atoms with Crippen LogP contribution in [0.4, 0.5) is 5.69 Å². The van der Waals surface area contributed by atoms with Gasteiger partial charge in [0.1, 0.15) is 17.6 Å². The van der Waals surface area contributed by atoms with E-state index >= 15 is 0 Å². The van der Waals surface area contributed by atoms with Crippen molar-refractivity contribution in [3.05, 3.63) is 77.3 Å². The molecule has 0 atom stereocenters. The highest BCUT2D eigenvalue weighted by atomic mass is 16.4. The van der Waals surface area contributed by atoms with Gasteiger partial charge >= 0.3 is 5.63 Å². The van der Waals surface area contributed by atoms with Crippen LogP contribution in [0.15, 0.2) is 70.4 Å². The third-order valence-electron chi connectivity index (χ3n) is 3.54. The lowest BCUT2D eigenvalue weighted by molar-refractivity contribution is 0.102. The fraction of sp³-hybridized carbons (Fsp3) is 0. The Bertz CT molecular complexity index is 1100. The van der Waals surface area contributed by atoms with Crippen LogP contribution >= 0.6 is 0 Å². The predicted molar refractivity (Wildman–Crippen MR) is 89.6 cm³/mol. The lowest BCUT2D eigenvalue weighted by Crippen LogP contribution is -2.19. The van der Waals surface area contributed by atoms with Gasteiger partial charge in [0, 0.05) is 17.8 Å². The summed E-state index contributed by atoms with van der Waals surface area (Å²) in [6.45, 7) is 0. The van der Waals surface area contributed by atoms with E-state index in [1.165, 1.54) is 6.07 Å². The molecule has 0 saturated carbocycles. The molecular weight excluding hydrogens is 322 g/mol. The minimum atomic E-state index is -0.630. The molecule has 8 heteroatoms. The van der Waals surface area contributed by atoms with Crippen LogP contribution in [0.5, 0.6) is 0 Å². The van der Waals surface area contributed by atoms with Crippen LogP contribution in [0.3, 0.4) is 0 Å². The van der Waals surface area contributed by atoms with Crippen LogP contribution in [0, 0.1) is 0 Å². The second-order valence-corrected chi connectivity index (χ2v) is 5.19. The maximum Gasteiger partial charge on any atom is 0.360 e. The van der Waals surface area contributed by atoms with Gasteiger partial charge in [-0.15, -0.1) is 10.2 Å².